The van der Waals surface area contributed by atoms with Crippen LogP contribution in [0.15, 0.2) is 48.5 Å². The third-order valence-electron chi connectivity index (χ3n) is 3.58. The number of aromatic nitrogens is 2. The van der Waals surface area contributed by atoms with Crippen molar-refractivity contribution in [2.45, 2.75) is 5.92 Å². The zero-order valence-corrected chi connectivity index (χ0v) is 12.6. The van der Waals surface area contributed by atoms with E-state index in [1.54, 1.807) is 35.9 Å². The number of hydrogen-bond donors (Lipinski definition) is 0. The van der Waals surface area contributed by atoms with Crippen LogP contribution in [0.5, 0.6) is 0 Å². The molecule has 1 aromatic heterocycles. The number of hydrogen-bond acceptors (Lipinski definition) is 3. The van der Waals surface area contributed by atoms with E-state index in [1.807, 2.05) is 24.3 Å². The Kier molecular flexibility index (Phi) is 3.66. The van der Waals surface area contributed by atoms with E-state index in [1.165, 1.54) is 0 Å². The van der Waals surface area contributed by atoms with Gasteiger partial charge in [0, 0.05) is 17.6 Å². The van der Waals surface area contributed by atoms with Crippen molar-refractivity contribution < 1.29 is 4.79 Å². The van der Waals surface area contributed by atoms with Crippen LogP contribution in [0.25, 0.3) is 11.0 Å². The molecule has 1 unspecified atom stereocenters. The summed E-state index contributed by atoms with van der Waals surface area (Å²) in [5.74, 6) is -0.826. The lowest BCUT2D eigenvalue weighted by atomic mass is 9.98. The second kappa shape index (κ2) is 5.63. The number of rotatable bonds is 3. The van der Waals surface area contributed by atoms with Crippen LogP contribution in [0.4, 0.5) is 0 Å². The summed E-state index contributed by atoms with van der Waals surface area (Å²) in [6.07, 6.45) is 0. The molecule has 22 heavy (non-hydrogen) atoms. The Hall–Kier alpha value is -2.64. The molecule has 108 valence electrons. The highest BCUT2D eigenvalue weighted by Gasteiger charge is 2.26. The molecule has 0 spiro atoms. The maximum absolute atomic E-state index is 12.6. The van der Waals surface area contributed by atoms with Crippen molar-refractivity contribution >= 4 is 28.4 Å². The SMILES string of the molecule is Cn1c(C(C#N)C(=O)c2cccc(Cl)c2)nc2ccccc21. The molecule has 0 radical (unpaired) electrons. The van der Waals surface area contributed by atoms with Crippen LogP contribution in [0.3, 0.4) is 0 Å². The average Bonchev–Trinajstić information content (AvgIpc) is 2.85. The van der Waals surface area contributed by atoms with E-state index in [4.69, 9.17) is 11.6 Å². The van der Waals surface area contributed by atoms with Crippen LogP contribution in [0.2, 0.25) is 5.02 Å². The minimum absolute atomic E-state index is 0.302. The van der Waals surface area contributed by atoms with Gasteiger partial charge >= 0.3 is 0 Å². The molecule has 0 amide bonds. The number of halogens is 1. The van der Waals surface area contributed by atoms with Gasteiger partial charge in [-0.1, -0.05) is 35.9 Å². The number of imidazole rings is 1. The second-order valence-electron chi connectivity index (χ2n) is 4.95. The molecule has 3 aromatic rings. The summed E-state index contributed by atoms with van der Waals surface area (Å²) < 4.78 is 1.78. The summed E-state index contributed by atoms with van der Waals surface area (Å²) in [5, 5.41) is 9.94. The van der Waals surface area contributed by atoms with Crippen LogP contribution in [0, 0.1) is 11.3 Å². The smallest absolute Gasteiger partial charge is 0.187 e. The number of benzene rings is 2. The molecule has 0 aliphatic heterocycles. The van der Waals surface area contributed by atoms with Crippen LogP contribution in [-0.4, -0.2) is 15.3 Å². The number of carbonyl (C=O) groups excluding carboxylic acids is 1. The first kappa shape index (κ1) is 14.3. The van der Waals surface area contributed by atoms with Crippen molar-refractivity contribution in [2.24, 2.45) is 7.05 Å². The van der Waals surface area contributed by atoms with E-state index in [0.29, 0.717) is 16.4 Å². The lowest BCUT2D eigenvalue weighted by molar-refractivity contribution is 0.0975. The number of ketones is 1. The Labute approximate surface area is 132 Å². The number of Topliss-reactive ketones (excluding diaryl/α,β-unsaturated/α-hetero) is 1. The molecular weight excluding hydrogens is 298 g/mol. The number of para-hydroxylation sites is 2. The van der Waals surface area contributed by atoms with Gasteiger partial charge in [-0.25, -0.2) is 4.98 Å². The van der Waals surface area contributed by atoms with Gasteiger partial charge < -0.3 is 4.57 Å². The normalized spacial score (nSPS) is 12.0. The number of carbonyl (C=O) groups is 1. The van der Waals surface area contributed by atoms with Crippen molar-refractivity contribution in [1.29, 1.82) is 5.26 Å². The summed E-state index contributed by atoms with van der Waals surface area (Å²) in [6.45, 7) is 0. The molecule has 0 saturated heterocycles. The first-order chi connectivity index (χ1) is 10.6. The van der Waals surface area contributed by atoms with Gasteiger partial charge in [0.2, 0.25) is 0 Å². The monoisotopic (exact) mass is 309 g/mol. The maximum Gasteiger partial charge on any atom is 0.187 e. The van der Waals surface area contributed by atoms with Gasteiger partial charge in [-0.2, -0.15) is 5.26 Å². The van der Waals surface area contributed by atoms with E-state index in [0.717, 1.165) is 11.0 Å². The Balaban J connectivity index is 2.09. The predicted molar refractivity (Wildman–Crippen MR) is 84.9 cm³/mol. The van der Waals surface area contributed by atoms with Crippen LogP contribution >= 0.6 is 11.6 Å². The topological polar surface area (TPSA) is 58.7 Å². The zero-order chi connectivity index (χ0) is 15.7. The van der Waals surface area contributed by atoms with Crippen molar-refractivity contribution in [3.63, 3.8) is 0 Å². The Morgan fingerprint density at radius 3 is 2.73 bits per heavy atom. The third kappa shape index (κ3) is 2.36. The standard InChI is InChI=1S/C17H12ClN3O/c1-21-15-8-3-2-7-14(15)20-17(21)13(10-19)16(22)11-5-4-6-12(18)9-11/h2-9,13H,1H3. The Bertz CT molecular complexity index is 908. The van der Waals surface area contributed by atoms with E-state index >= 15 is 0 Å². The molecule has 0 N–H and O–H groups in total. The van der Waals surface area contributed by atoms with Gasteiger partial charge in [-0.15, -0.1) is 0 Å². The summed E-state index contributed by atoms with van der Waals surface area (Å²) in [4.78, 5) is 17.1. The van der Waals surface area contributed by atoms with E-state index in [-0.39, 0.29) is 5.78 Å². The number of nitriles is 1. The van der Waals surface area contributed by atoms with Crippen LogP contribution in [-0.2, 0) is 7.05 Å². The van der Waals surface area contributed by atoms with Crippen molar-refractivity contribution in [2.75, 3.05) is 0 Å². The number of aryl methyl sites for hydroxylation is 1. The molecular formula is C17H12ClN3O. The van der Waals surface area contributed by atoms with E-state index < -0.39 is 5.92 Å². The fourth-order valence-electron chi connectivity index (χ4n) is 2.46. The van der Waals surface area contributed by atoms with Gasteiger partial charge in [0.1, 0.15) is 5.82 Å². The fourth-order valence-corrected chi connectivity index (χ4v) is 2.65. The van der Waals surface area contributed by atoms with Gasteiger partial charge in [0.15, 0.2) is 11.7 Å². The molecule has 0 aliphatic carbocycles. The Morgan fingerprint density at radius 1 is 1.27 bits per heavy atom. The second-order valence-corrected chi connectivity index (χ2v) is 5.39. The summed E-state index contributed by atoms with van der Waals surface area (Å²) in [6, 6.07) is 16.2. The largest absolute Gasteiger partial charge is 0.330 e. The molecule has 1 heterocycles. The highest BCUT2D eigenvalue weighted by molar-refractivity contribution is 6.31. The van der Waals surface area contributed by atoms with E-state index in [2.05, 4.69) is 11.1 Å². The molecule has 2 aromatic carbocycles. The van der Waals surface area contributed by atoms with Gasteiger partial charge in [-0.3, -0.25) is 4.79 Å². The fraction of sp³-hybridized carbons (Fsp3) is 0.118. The minimum atomic E-state index is -0.962. The van der Waals surface area contributed by atoms with Crippen molar-refractivity contribution in [1.82, 2.24) is 9.55 Å². The maximum atomic E-state index is 12.6. The Morgan fingerprint density at radius 2 is 2.05 bits per heavy atom. The summed E-state index contributed by atoms with van der Waals surface area (Å²) in [7, 11) is 1.81. The molecule has 0 bridgehead atoms. The molecule has 5 heteroatoms. The highest BCUT2D eigenvalue weighted by Crippen LogP contribution is 2.24. The van der Waals surface area contributed by atoms with E-state index in [9.17, 15) is 10.1 Å². The van der Waals surface area contributed by atoms with Gasteiger partial charge in [0.25, 0.3) is 0 Å². The van der Waals surface area contributed by atoms with Gasteiger partial charge in [-0.05, 0) is 24.3 Å². The first-order valence-corrected chi connectivity index (χ1v) is 7.10. The third-order valence-corrected chi connectivity index (χ3v) is 3.82. The quantitative estimate of drug-likeness (QED) is 0.693. The summed E-state index contributed by atoms with van der Waals surface area (Å²) >= 11 is 5.92. The predicted octanol–water partition coefficient (Wildman–Crippen LogP) is 3.72. The molecule has 1 atom stereocenters. The first-order valence-electron chi connectivity index (χ1n) is 6.72. The molecule has 3 rings (SSSR count). The van der Waals surface area contributed by atoms with Crippen molar-refractivity contribution in [3.05, 3.63) is 64.9 Å². The highest BCUT2D eigenvalue weighted by atomic mass is 35.5. The van der Waals surface area contributed by atoms with Gasteiger partial charge in [0.05, 0.1) is 17.1 Å². The molecule has 0 saturated carbocycles. The molecule has 0 fully saturated rings. The number of nitrogens with zero attached hydrogens (tertiary/aromatic N) is 3. The molecule has 0 aliphatic rings. The van der Waals surface area contributed by atoms with Crippen LogP contribution in [0.1, 0.15) is 22.1 Å². The van der Waals surface area contributed by atoms with Crippen LogP contribution < -0.4 is 0 Å². The summed E-state index contributed by atoms with van der Waals surface area (Å²) in [5.41, 5.74) is 2.06. The van der Waals surface area contributed by atoms with Crippen molar-refractivity contribution in [3.8, 4) is 6.07 Å². The lowest BCUT2D eigenvalue weighted by Gasteiger charge is -2.09. The average molecular weight is 310 g/mol. The lowest BCUT2D eigenvalue weighted by Crippen LogP contribution is -2.15. The number of fused-ring (bicyclic) bond motifs is 1. The zero-order valence-electron chi connectivity index (χ0n) is 11.8. The minimum Gasteiger partial charge on any atom is -0.330 e. The molecule has 4 nitrogen and oxygen atoms in total.